The Morgan fingerprint density at radius 2 is 1.81 bits per heavy atom. The van der Waals surface area contributed by atoms with Crippen LogP contribution < -0.4 is 10.6 Å². The van der Waals surface area contributed by atoms with Crippen molar-refractivity contribution in [1.29, 1.82) is 0 Å². The van der Waals surface area contributed by atoms with Crippen molar-refractivity contribution in [3.05, 3.63) is 23.8 Å². The average molecular weight is 290 g/mol. The van der Waals surface area contributed by atoms with Crippen molar-refractivity contribution in [2.24, 2.45) is 0 Å². The molecule has 1 heterocycles. The molecule has 2 rings (SSSR count). The summed E-state index contributed by atoms with van der Waals surface area (Å²) in [6, 6.07) is 6.19. The number of anilines is 2. The number of hydrogen-bond acceptors (Lipinski definition) is 4. The number of nitrogen functional groups attached to an aromatic ring is 1. The standard InChI is InChI=1S/C16H26N4O/c1-18(2)13-7-9-20(10-8-13)15-11-12(5-6-14(15)17)16(21)19(3)4/h5-6,11,13H,7-10,17H2,1-4H3. The minimum Gasteiger partial charge on any atom is -0.397 e. The molecule has 1 saturated heterocycles. The summed E-state index contributed by atoms with van der Waals surface area (Å²) in [4.78, 5) is 18.3. The summed E-state index contributed by atoms with van der Waals surface area (Å²) < 4.78 is 0. The van der Waals surface area contributed by atoms with Gasteiger partial charge in [0.25, 0.3) is 5.91 Å². The Bertz CT molecular complexity index is 505. The first-order valence-corrected chi connectivity index (χ1v) is 7.42. The maximum Gasteiger partial charge on any atom is 0.253 e. The first-order valence-electron chi connectivity index (χ1n) is 7.42. The first-order chi connectivity index (χ1) is 9.90. The third-order valence-corrected chi connectivity index (χ3v) is 4.22. The van der Waals surface area contributed by atoms with Gasteiger partial charge in [0.1, 0.15) is 0 Å². The van der Waals surface area contributed by atoms with Gasteiger partial charge < -0.3 is 20.4 Å². The zero-order valence-electron chi connectivity index (χ0n) is 13.5. The molecule has 0 unspecified atom stereocenters. The lowest BCUT2D eigenvalue weighted by molar-refractivity contribution is 0.0827. The van der Waals surface area contributed by atoms with Crippen molar-refractivity contribution in [2.45, 2.75) is 18.9 Å². The van der Waals surface area contributed by atoms with Gasteiger partial charge in [-0.1, -0.05) is 0 Å². The SMILES string of the molecule is CN(C)C(=O)c1ccc(N)c(N2CCC(N(C)C)CC2)c1. The second kappa shape index (κ2) is 6.35. The van der Waals surface area contributed by atoms with Crippen molar-refractivity contribution >= 4 is 17.3 Å². The van der Waals surface area contributed by atoms with Crippen LogP contribution in [0.3, 0.4) is 0 Å². The highest BCUT2D eigenvalue weighted by Gasteiger charge is 2.22. The molecular formula is C16H26N4O. The number of amides is 1. The highest BCUT2D eigenvalue weighted by Crippen LogP contribution is 2.28. The van der Waals surface area contributed by atoms with Crippen LogP contribution in [0.4, 0.5) is 11.4 Å². The van der Waals surface area contributed by atoms with Crippen molar-refractivity contribution < 1.29 is 4.79 Å². The number of piperidine rings is 1. The molecule has 5 nitrogen and oxygen atoms in total. The molecule has 0 aliphatic carbocycles. The van der Waals surface area contributed by atoms with Crippen LogP contribution in [-0.4, -0.2) is 63.0 Å². The average Bonchev–Trinajstić information content (AvgIpc) is 2.47. The van der Waals surface area contributed by atoms with Crippen molar-refractivity contribution in [2.75, 3.05) is 51.9 Å². The van der Waals surface area contributed by atoms with Gasteiger partial charge in [-0.15, -0.1) is 0 Å². The molecule has 0 spiro atoms. The van der Waals surface area contributed by atoms with E-state index in [1.165, 1.54) is 0 Å². The third-order valence-electron chi connectivity index (χ3n) is 4.22. The Morgan fingerprint density at radius 1 is 1.19 bits per heavy atom. The van der Waals surface area contributed by atoms with E-state index >= 15 is 0 Å². The third kappa shape index (κ3) is 3.47. The molecule has 0 radical (unpaired) electrons. The smallest absolute Gasteiger partial charge is 0.253 e. The lowest BCUT2D eigenvalue weighted by Gasteiger charge is -2.37. The van der Waals surface area contributed by atoms with Crippen LogP contribution in [0.2, 0.25) is 0 Å². The molecule has 1 aliphatic rings. The summed E-state index contributed by atoms with van der Waals surface area (Å²) in [5, 5.41) is 0. The van der Waals surface area contributed by atoms with Crippen LogP contribution in [0.15, 0.2) is 18.2 Å². The Balaban J connectivity index is 2.17. The van der Waals surface area contributed by atoms with Crippen LogP contribution >= 0.6 is 0 Å². The number of rotatable bonds is 3. The molecule has 5 heteroatoms. The van der Waals surface area contributed by atoms with E-state index < -0.39 is 0 Å². The van der Waals surface area contributed by atoms with Gasteiger partial charge in [0, 0.05) is 38.8 Å². The summed E-state index contributed by atoms with van der Waals surface area (Å²) in [6.45, 7) is 1.96. The fourth-order valence-corrected chi connectivity index (χ4v) is 2.83. The minimum absolute atomic E-state index is 0.0134. The Morgan fingerprint density at radius 3 is 2.33 bits per heavy atom. The highest BCUT2D eigenvalue weighted by atomic mass is 16.2. The molecule has 1 aromatic rings. The van der Waals surface area contributed by atoms with Crippen molar-refractivity contribution in [1.82, 2.24) is 9.80 Å². The van der Waals surface area contributed by atoms with E-state index in [1.807, 2.05) is 12.1 Å². The summed E-state index contributed by atoms with van der Waals surface area (Å²) in [7, 11) is 7.79. The number of benzene rings is 1. The number of carbonyl (C=O) groups excluding carboxylic acids is 1. The Labute approximate surface area is 127 Å². The largest absolute Gasteiger partial charge is 0.397 e. The normalized spacial score (nSPS) is 16.3. The van der Waals surface area contributed by atoms with Gasteiger partial charge in [-0.25, -0.2) is 0 Å². The van der Waals surface area contributed by atoms with Gasteiger partial charge >= 0.3 is 0 Å². The zero-order chi connectivity index (χ0) is 15.6. The first kappa shape index (κ1) is 15.6. The second-order valence-corrected chi connectivity index (χ2v) is 6.16. The predicted octanol–water partition coefficient (Wildman–Crippen LogP) is 1.50. The number of carbonyl (C=O) groups is 1. The molecule has 21 heavy (non-hydrogen) atoms. The van der Waals surface area contributed by atoms with Gasteiger partial charge in [0.15, 0.2) is 0 Å². The maximum absolute atomic E-state index is 12.1. The van der Waals surface area contributed by atoms with Crippen LogP contribution in [0.1, 0.15) is 23.2 Å². The van der Waals surface area contributed by atoms with Gasteiger partial charge in [-0.2, -0.15) is 0 Å². The van der Waals surface area contributed by atoms with Crippen LogP contribution in [-0.2, 0) is 0 Å². The molecule has 1 aromatic carbocycles. The van der Waals surface area contributed by atoms with Crippen LogP contribution in [0.5, 0.6) is 0 Å². The topological polar surface area (TPSA) is 52.8 Å². The lowest BCUT2D eigenvalue weighted by Crippen LogP contribution is -2.42. The molecule has 116 valence electrons. The quantitative estimate of drug-likeness (QED) is 0.857. The Kier molecular flexibility index (Phi) is 4.73. The van der Waals surface area contributed by atoms with E-state index in [4.69, 9.17) is 5.73 Å². The second-order valence-electron chi connectivity index (χ2n) is 6.16. The number of nitrogens with zero attached hydrogens (tertiary/aromatic N) is 3. The molecule has 0 saturated carbocycles. The molecule has 1 amide bonds. The molecule has 0 bridgehead atoms. The molecule has 2 N–H and O–H groups in total. The van der Waals surface area contributed by atoms with E-state index in [0.717, 1.165) is 37.3 Å². The molecular weight excluding hydrogens is 264 g/mol. The summed E-state index contributed by atoms with van der Waals surface area (Å²) >= 11 is 0. The van der Waals surface area contributed by atoms with E-state index in [9.17, 15) is 4.79 Å². The van der Waals surface area contributed by atoms with Crippen molar-refractivity contribution in [3.8, 4) is 0 Å². The van der Waals surface area contributed by atoms with Crippen LogP contribution in [0, 0.1) is 0 Å². The monoisotopic (exact) mass is 290 g/mol. The zero-order valence-corrected chi connectivity index (χ0v) is 13.5. The fourth-order valence-electron chi connectivity index (χ4n) is 2.83. The molecule has 0 aromatic heterocycles. The minimum atomic E-state index is 0.0134. The molecule has 1 fully saturated rings. The van der Waals surface area contributed by atoms with E-state index in [-0.39, 0.29) is 5.91 Å². The fraction of sp³-hybridized carbons (Fsp3) is 0.562. The van der Waals surface area contributed by atoms with Gasteiger partial charge in [-0.3, -0.25) is 4.79 Å². The van der Waals surface area contributed by atoms with E-state index in [2.05, 4.69) is 23.9 Å². The highest BCUT2D eigenvalue weighted by molar-refractivity contribution is 5.96. The van der Waals surface area contributed by atoms with Crippen LogP contribution in [0.25, 0.3) is 0 Å². The predicted molar refractivity (Wildman–Crippen MR) is 87.8 cm³/mol. The number of hydrogen-bond donors (Lipinski definition) is 1. The summed E-state index contributed by atoms with van der Waals surface area (Å²) in [6.07, 6.45) is 2.25. The van der Waals surface area contributed by atoms with E-state index in [1.54, 1.807) is 25.1 Å². The van der Waals surface area contributed by atoms with E-state index in [0.29, 0.717) is 11.6 Å². The van der Waals surface area contributed by atoms with Gasteiger partial charge in [0.2, 0.25) is 0 Å². The van der Waals surface area contributed by atoms with Crippen molar-refractivity contribution in [3.63, 3.8) is 0 Å². The molecule has 0 atom stereocenters. The summed E-state index contributed by atoms with van der Waals surface area (Å²) in [5.41, 5.74) is 8.54. The lowest BCUT2D eigenvalue weighted by atomic mass is 10.0. The Hall–Kier alpha value is -1.75. The molecule has 1 aliphatic heterocycles. The summed E-state index contributed by atoms with van der Waals surface area (Å²) in [5.74, 6) is 0.0134. The maximum atomic E-state index is 12.1. The number of nitrogens with two attached hydrogens (primary N) is 1. The van der Waals surface area contributed by atoms with Gasteiger partial charge in [-0.05, 0) is 45.1 Å². The van der Waals surface area contributed by atoms with Gasteiger partial charge in [0.05, 0.1) is 11.4 Å².